The van der Waals surface area contributed by atoms with Gasteiger partial charge in [0.2, 0.25) is 5.91 Å². The number of carbonyl (C=O) groups excluding carboxylic acids is 2. The number of carbonyl (C=O) groups is 2. The molecule has 0 saturated heterocycles. The van der Waals surface area contributed by atoms with E-state index in [0.717, 1.165) is 22.8 Å². The summed E-state index contributed by atoms with van der Waals surface area (Å²) in [6.07, 6.45) is 4.56. The molecule has 0 fully saturated rings. The minimum atomic E-state index is -1.75. The Morgan fingerprint density at radius 1 is 1.22 bits per heavy atom. The molecule has 5 rings (SSSR count). The van der Waals surface area contributed by atoms with Crippen molar-refractivity contribution in [1.82, 2.24) is 14.9 Å². The molecule has 1 atom stereocenters. The van der Waals surface area contributed by atoms with Crippen LogP contribution in [0.3, 0.4) is 0 Å². The summed E-state index contributed by atoms with van der Waals surface area (Å²) in [5, 5.41) is 24.2. The molecule has 8 nitrogen and oxygen atoms in total. The van der Waals surface area contributed by atoms with Gasteiger partial charge in [-0.05, 0) is 42.2 Å². The number of amides is 1. The van der Waals surface area contributed by atoms with Crippen LogP contribution < -0.4 is 5.32 Å². The van der Waals surface area contributed by atoms with E-state index in [1.54, 1.807) is 18.5 Å². The third-order valence-corrected chi connectivity index (χ3v) is 6.02. The van der Waals surface area contributed by atoms with E-state index in [9.17, 15) is 19.6 Å². The van der Waals surface area contributed by atoms with E-state index in [1.807, 2.05) is 34.9 Å². The summed E-state index contributed by atoms with van der Waals surface area (Å²) in [7, 11) is -1.75. The first-order valence-corrected chi connectivity index (χ1v) is 10.6. The summed E-state index contributed by atoms with van der Waals surface area (Å²) in [6.45, 7) is 0.682. The van der Waals surface area contributed by atoms with Gasteiger partial charge in [0.05, 0.1) is 24.3 Å². The summed E-state index contributed by atoms with van der Waals surface area (Å²) < 4.78 is 7.41. The summed E-state index contributed by atoms with van der Waals surface area (Å²) in [5.74, 6) is -1.32. The molecule has 4 aromatic rings. The van der Waals surface area contributed by atoms with Crippen molar-refractivity contribution in [2.24, 2.45) is 0 Å². The number of aryl methyl sites for hydroxylation is 1. The zero-order valence-electron chi connectivity index (χ0n) is 17.3. The largest absolute Gasteiger partial charge is 0.475 e. The number of benzene rings is 1. The van der Waals surface area contributed by atoms with Crippen LogP contribution in [0.5, 0.6) is 0 Å². The molecule has 0 bridgehead atoms. The molecule has 3 aromatic heterocycles. The first-order valence-electron chi connectivity index (χ1n) is 10.6. The lowest BCUT2D eigenvalue weighted by molar-refractivity contribution is -0.120. The third-order valence-electron chi connectivity index (χ3n) is 6.02. The molecule has 1 aliphatic rings. The molecule has 9 heteroatoms. The number of ketones is 1. The van der Waals surface area contributed by atoms with Crippen molar-refractivity contribution in [3.05, 3.63) is 65.7 Å². The fraction of sp³-hybridized carbons (Fsp3) is 0.261. The summed E-state index contributed by atoms with van der Waals surface area (Å²) in [5.41, 5.74) is 3.32. The Hall–Kier alpha value is -3.43. The van der Waals surface area contributed by atoms with Crippen molar-refractivity contribution in [2.75, 3.05) is 0 Å². The van der Waals surface area contributed by atoms with E-state index in [0.29, 0.717) is 35.5 Å². The van der Waals surface area contributed by atoms with Gasteiger partial charge in [-0.1, -0.05) is 18.2 Å². The van der Waals surface area contributed by atoms with Gasteiger partial charge in [0, 0.05) is 29.9 Å². The Morgan fingerprint density at radius 3 is 2.88 bits per heavy atom. The van der Waals surface area contributed by atoms with Gasteiger partial charge >= 0.3 is 7.12 Å². The van der Waals surface area contributed by atoms with E-state index >= 15 is 0 Å². The molecular weight excluding hydrogens is 409 g/mol. The predicted octanol–water partition coefficient (Wildman–Crippen LogP) is 2.04. The molecule has 32 heavy (non-hydrogen) atoms. The number of fused-ring (bicyclic) bond motifs is 4. The second kappa shape index (κ2) is 8.25. The molecule has 162 valence electrons. The van der Waals surface area contributed by atoms with Crippen molar-refractivity contribution < 1.29 is 24.1 Å². The number of pyridine rings is 1. The Bertz CT molecular complexity index is 1330. The third kappa shape index (κ3) is 3.59. The van der Waals surface area contributed by atoms with Crippen molar-refractivity contribution in [2.45, 2.75) is 38.2 Å². The molecular formula is C23H22BN3O5. The number of hydrogen-bond donors (Lipinski definition) is 3. The Balaban J connectivity index is 1.40. The number of rotatable bonds is 6. The van der Waals surface area contributed by atoms with Crippen molar-refractivity contribution >= 4 is 40.8 Å². The second-order valence-electron chi connectivity index (χ2n) is 8.11. The highest BCUT2D eigenvalue weighted by Crippen LogP contribution is 2.30. The van der Waals surface area contributed by atoms with E-state index < -0.39 is 19.0 Å². The highest BCUT2D eigenvalue weighted by molar-refractivity contribution is 6.43. The van der Waals surface area contributed by atoms with E-state index in [1.165, 1.54) is 0 Å². The zero-order chi connectivity index (χ0) is 22.2. The quantitative estimate of drug-likeness (QED) is 0.403. The van der Waals surface area contributed by atoms with Gasteiger partial charge in [-0.2, -0.15) is 0 Å². The lowest BCUT2D eigenvalue weighted by Gasteiger charge is -2.18. The van der Waals surface area contributed by atoms with Crippen LogP contribution in [0.2, 0.25) is 0 Å². The smallest absolute Gasteiger partial charge is 0.464 e. The van der Waals surface area contributed by atoms with Crippen LogP contribution in [0.25, 0.3) is 22.0 Å². The lowest BCUT2D eigenvalue weighted by atomic mass is 9.75. The van der Waals surface area contributed by atoms with Crippen LogP contribution in [0, 0.1) is 0 Å². The van der Waals surface area contributed by atoms with Gasteiger partial charge in [0.15, 0.2) is 5.78 Å². The summed E-state index contributed by atoms with van der Waals surface area (Å²) in [6, 6.07) is 11.1. The van der Waals surface area contributed by atoms with E-state index in [4.69, 9.17) is 4.42 Å². The monoisotopic (exact) mass is 431 g/mol. The van der Waals surface area contributed by atoms with E-state index in [2.05, 4.69) is 10.3 Å². The number of furan rings is 1. The van der Waals surface area contributed by atoms with E-state index in [-0.39, 0.29) is 18.6 Å². The normalized spacial score (nSPS) is 14.5. The van der Waals surface area contributed by atoms with Crippen molar-refractivity contribution in [3.63, 3.8) is 0 Å². The highest BCUT2D eigenvalue weighted by atomic mass is 16.4. The van der Waals surface area contributed by atoms with Crippen LogP contribution in [0.4, 0.5) is 0 Å². The molecule has 4 heterocycles. The summed E-state index contributed by atoms with van der Waals surface area (Å²) >= 11 is 0. The van der Waals surface area contributed by atoms with Gasteiger partial charge in [0.1, 0.15) is 11.2 Å². The first-order chi connectivity index (χ1) is 15.5. The van der Waals surface area contributed by atoms with Gasteiger partial charge in [-0.3, -0.25) is 9.59 Å². The molecule has 0 radical (unpaired) electrons. The zero-order valence-corrected chi connectivity index (χ0v) is 17.3. The van der Waals surface area contributed by atoms with Crippen LogP contribution in [0.15, 0.2) is 53.3 Å². The Kier molecular flexibility index (Phi) is 5.28. The molecule has 0 saturated carbocycles. The molecule has 1 aliphatic heterocycles. The van der Waals surface area contributed by atoms with Gasteiger partial charge in [-0.15, -0.1) is 0 Å². The van der Waals surface area contributed by atoms with Gasteiger partial charge in [-0.25, -0.2) is 4.98 Å². The number of hydrogen-bond acceptors (Lipinski definition) is 6. The number of aromatic nitrogens is 2. The average molecular weight is 431 g/mol. The first kappa shape index (κ1) is 20.5. The van der Waals surface area contributed by atoms with Crippen molar-refractivity contribution in [3.8, 4) is 0 Å². The number of nitrogens with zero attached hydrogens (tertiary/aromatic N) is 2. The molecule has 1 aromatic carbocycles. The van der Waals surface area contributed by atoms with Crippen molar-refractivity contribution in [1.29, 1.82) is 0 Å². The maximum absolute atomic E-state index is 13.0. The SMILES string of the molecule is O=C(Cc1c2n(c3ncccc13)CCCC2=O)N[C@@H](Cc1coc2ccccc12)B(O)O. The fourth-order valence-electron chi connectivity index (χ4n) is 4.55. The number of para-hydroxylation sites is 1. The van der Waals surface area contributed by atoms with Crippen LogP contribution in [-0.4, -0.2) is 44.3 Å². The Labute approximate surface area is 184 Å². The van der Waals surface area contributed by atoms with Gasteiger partial charge in [0.25, 0.3) is 0 Å². The molecule has 0 aliphatic carbocycles. The lowest BCUT2D eigenvalue weighted by Crippen LogP contribution is -2.48. The highest BCUT2D eigenvalue weighted by Gasteiger charge is 2.30. The average Bonchev–Trinajstić information content (AvgIpc) is 3.34. The topological polar surface area (TPSA) is 118 Å². The van der Waals surface area contributed by atoms with Crippen LogP contribution >= 0.6 is 0 Å². The van der Waals surface area contributed by atoms with Crippen LogP contribution in [0.1, 0.15) is 34.5 Å². The second-order valence-corrected chi connectivity index (χ2v) is 8.11. The standard InChI is InChI=1S/C23H22BN3O5/c28-18-7-4-10-27-22(18)17(16-6-3-9-25-23(16)27)12-21(29)26-20(24(30)31)11-14-13-32-19-8-2-1-5-15(14)19/h1-3,5-6,8-9,13,20,30-31H,4,7,10-12H2,(H,26,29)/t20-/m0/s1. The number of Topliss-reactive ketones (excluding diaryl/α,β-unsaturated/α-hetero) is 1. The maximum Gasteiger partial charge on any atom is 0.475 e. The molecule has 0 spiro atoms. The molecule has 3 N–H and O–H groups in total. The minimum absolute atomic E-state index is 0.000611. The molecule has 0 unspecified atom stereocenters. The van der Waals surface area contributed by atoms with Gasteiger partial charge < -0.3 is 24.3 Å². The summed E-state index contributed by atoms with van der Waals surface area (Å²) in [4.78, 5) is 30.0. The minimum Gasteiger partial charge on any atom is -0.464 e. The maximum atomic E-state index is 13.0. The van der Waals surface area contributed by atoms with Crippen LogP contribution in [-0.2, 0) is 24.2 Å². The fourth-order valence-corrected chi connectivity index (χ4v) is 4.55. The number of nitrogens with one attached hydrogen (secondary N) is 1. The molecule has 1 amide bonds. The Morgan fingerprint density at radius 2 is 2.03 bits per heavy atom. The predicted molar refractivity (Wildman–Crippen MR) is 119 cm³/mol.